The van der Waals surface area contributed by atoms with Gasteiger partial charge in [0.1, 0.15) is 5.58 Å². The molecule has 5 heteroatoms. The largest absolute Gasteiger partial charge is 0.437 e. The smallest absolute Gasteiger partial charge is 0.257 e. The summed E-state index contributed by atoms with van der Waals surface area (Å²) in [5.41, 5.74) is 0.775. The van der Waals surface area contributed by atoms with Gasteiger partial charge in [0, 0.05) is 6.20 Å². The molecule has 3 heterocycles. The number of rotatable bonds is 0. The van der Waals surface area contributed by atoms with Crippen molar-refractivity contribution in [1.29, 1.82) is 0 Å². The first kappa shape index (κ1) is 10.9. The minimum atomic E-state index is -0.274. The average molecular weight is 264 g/mol. The van der Waals surface area contributed by atoms with Gasteiger partial charge >= 0.3 is 0 Å². The van der Waals surface area contributed by atoms with Crippen LogP contribution < -0.4 is 11.0 Å². The molecule has 0 atom stereocenters. The summed E-state index contributed by atoms with van der Waals surface area (Å²) in [7, 11) is 0. The molecule has 4 rings (SSSR count). The normalized spacial score (nSPS) is 11.4. The third-order valence-corrected chi connectivity index (χ3v) is 3.30. The van der Waals surface area contributed by atoms with E-state index in [2.05, 4.69) is 9.97 Å². The Morgan fingerprint density at radius 3 is 2.75 bits per heavy atom. The molecule has 0 amide bonds. The molecule has 0 aliphatic carbocycles. The highest BCUT2D eigenvalue weighted by atomic mass is 16.3. The molecule has 4 aromatic rings. The minimum Gasteiger partial charge on any atom is -0.437 e. The van der Waals surface area contributed by atoms with Crippen molar-refractivity contribution in [2.24, 2.45) is 0 Å². The van der Waals surface area contributed by atoms with E-state index in [1.54, 1.807) is 30.3 Å². The van der Waals surface area contributed by atoms with Crippen molar-refractivity contribution in [1.82, 2.24) is 9.97 Å². The van der Waals surface area contributed by atoms with E-state index in [0.717, 1.165) is 0 Å². The molecule has 0 aliphatic rings. The summed E-state index contributed by atoms with van der Waals surface area (Å²) in [6, 6.07) is 10.2. The van der Waals surface area contributed by atoms with E-state index in [9.17, 15) is 9.59 Å². The SMILES string of the molecule is O=c1[nH]ccc2nc3oc4ccccc4c(=O)c3cc12. The molecule has 96 valence electrons. The zero-order valence-electron chi connectivity index (χ0n) is 10.2. The van der Waals surface area contributed by atoms with E-state index < -0.39 is 0 Å². The van der Waals surface area contributed by atoms with Gasteiger partial charge in [-0.1, -0.05) is 12.1 Å². The standard InChI is InChI=1S/C15H8N2O3/c18-13-8-3-1-2-4-12(8)20-15-10(13)7-9-11(17-15)5-6-16-14(9)19/h1-7H,(H,16,19). The fourth-order valence-electron chi connectivity index (χ4n) is 2.33. The zero-order valence-corrected chi connectivity index (χ0v) is 10.2. The summed E-state index contributed by atoms with van der Waals surface area (Å²) < 4.78 is 5.65. The Hall–Kier alpha value is -2.95. The van der Waals surface area contributed by atoms with Crippen LogP contribution in [-0.4, -0.2) is 9.97 Å². The Kier molecular flexibility index (Phi) is 2.06. The van der Waals surface area contributed by atoms with Gasteiger partial charge in [0.15, 0.2) is 0 Å². The van der Waals surface area contributed by atoms with Crippen LogP contribution in [0.2, 0.25) is 0 Å². The summed E-state index contributed by atoms with van der Waals surface area (Å²) >= 11 is 0. The van der Waals surface area contributed by atoms with Gasteiger partial charge in [-0.2, -0.15) is 0 Å². The van der Waals surface area contributed by atoms with Crippen molar-refractivity contribution >= 4 is 33.0 Å². The number of nitrogens with zero attached hydrogens (tertiary/aromatic N) is 1. The van der Waals surface area contributed by atoms with Gasteiger partial charge in [-0.25, -0.2) is 4.98 Å². The highest BCUT2D eigenvalue weighted by Gasteiger charge is 2.10. The molecule has 0 saturated carbocycles. The second-order valence-electron chi connectivity index (χ2n) is 4.51. The lowest BCUT2D eigenvalue weighted by Crippen LogP contribution is -2.08. The molecule has 3 aromatic heterocycles. The Morgan fingerprint density at radius 1 is 1.00 bits per heavy atom. The first-order chi connectivity index (χ1) is 9.74. The predicted octanol–water partition coefficient (Wildman–Crippen LogP) is 2.18. The van der Waals surface area contributed by atoms with E-state index in [-0.39, 0.29) is 16.7 Å². The van der Waals surface area contributed by atoms with Crippen LogP contribution in [0.1, 0.15) is 0 Å². The lowest BCUT2D eigenvalue weighted by molar-refractivity contribution is 0.647. The van der Waals surface area contributed by atoms with Crippen LogP contribution in [0.25, 0.3) is 33.0 Å². The van der Waals surface area contributed by atoms with Crippen molar-refractivity contribution in [2.45, 2.75) is 0 Å². The highest BCUT2D eigenvalue weighted by molar-refractivity contribution is 5.94. The van der Waals surface area contributed by atoms with Gasteiger partial charge in [-0.3, -0.25) is 9.59 Å². The van der Waals surface area contributed by atoms with Crippen LogP contribution >= 0.6 is 0 Å². The van der Waals surface area contributed by atoms with E-state index in [0.29, 0.717) is 27.3 Å². The number of para-hydroxylation sites is 1. The quantitative estimate of drug-likeness (QED) is 0.494. The molecule has 0 unspecified atom stereocenters. The number of pyridine rings is 2. The third kappa shape index (κ3) is 1.40. The molecule has 5 nitrogen and oxygen atoms in total. The monoisotopic (exact) mass is 264 g/mol. The maximum Gasteiger partial charge on any atom is 0.257 e. The maximum atomic E-state index is 12.4. The molecule has 20 heavy (non-hydrogen) atoms. The van der Waals surface area contributed by atoms with Crippen molar-refractivity contribution < 1.29 is 4.42 Å². The number of hydrogen-bond acceptors (Lipinski definition) is 4. The average Bonchev–Trinajstić information content (AvgIpc) is 2.47. The van der Waals surface area contributed by atoms with Crippen molar-refractivity contribution in [3.63, 3.8) is 0 Å². The van der Waals surface area contributed by atoms with Gasteiger partial charge in [-0.15, -0.1) is 0 Å². The number of nitrogens with one attached hydrogen (secondary N) is 1. The van der Waals surface area contributed by atoms with Crippen molar-refractivity contribution in [3.05, 3.63) is 63.2 Å². The van der Waals surface area contributed by atoms with Crippen LogP contribution in [-0.2, 0) is 0 Å². The van der Waals surface area contributed by atoms with Gasteiger partial charge in [0.2, 0.25) is 11.1 Å². The lowest BCUT2D eigenvalue weighted by atomic mass is 10.1. The summed E-state index contributed by atoms with van der Waals surface area (Å²) in [6.45, 7) is 0. The number of benzene rings is 1. The van der Waals surface area contributed by atoms with Crippen LogP contribution in [0.4, 0.5) is 0 Å². The summed E-state index contributed by atoms with van der Waals surface area (Å²) in [5, 5.41) is 1.17. The number of fused-ring (bicyclic) bond motifs is 3. The fraction of sp³-hybridized carbons (Fsp3) is 0. The molecule has 0 saturated heterocycles. The topological polar surface area (TPSA) is 76.0 Å². The number of H-pyrrole nitrogens is 1. The molecule has 0 aliphatic heterocycles. The molecule has 0 spiro atoms. The number of hydrogen-bond donors (Lipinski definition) is 1. The second kappa shape index (κ2) is 3.77. The van der Waals surface area contributed by atoms with Gasteiger partial charge in [0.05, 0.1) is 21.7 Å². The second-order valence-corrected chi connectivity index (χ2v) is 4.51. The number of aromatic nitrogens is 2. The van der Waals surface area contributed by atoms with E-state index in [1.807, 2.05) is 0 Å². The molecular weight excluding hydrogens is 256 g/mol. The van der Waals surface area contributed by atoms with Gasteiger partial charge < -0.3 is 9.40 Å². The van der Waals surface area contributed by atoms with Crippen molar-refractivity contribution in [2.75, 3.05) is 0 Å². The zero-order chi connectivity index (χ0) is 13.7. The molecule has 0 radical (unpaired) electrons. The Bertz CT molecular complexity index is 1090. The Balaban J connectivity index is 2.32. The minimum absolute atomic E-state index is 0.181. The summed E-state index contributed by atoms with van der Waals surface area (Å²) in [6.07, 6.45) is 1.52. The van der Waals surface area contributed by atoms with Gasteiger partial charge in [-0.05, 0) is 24.3 Å². The summed E-state index contributed by atoms with van der Waals surface area (Å²) in [5.74, 6) is 0. The molecule has 1 aromatic carbocycles. The molecular formula is C15H8N2O3. The highest BCUT2D eigenvalue weighted by Crippen LogP contribution is 2.19. The first-order valence-electron chi connectivity index (χ1n) is 6.08. The molecule has 0 bridgehead atoms. The van der Waals surface area contributed by atoms with E-state index >= 15 is 0 Å². The summed E-state index contributed by atoms with van der Waals surface area (Å²) in [4.78, 5) is 31.0. The van der Waals surface area contributed by atoms with E-state index in [1.165, 1.54) is 12.3 Å². The van der Waals surface area contributed by atoms with Crippen molar-refractivity contribution in [3.8, 4) is 0 Å². The van der Waals surface area contributed by atoms with Crippen LogP contribution in [0, 0.1) is 0 Å². The Labute approximate surface area is 111 Å². The Morgan fingerprint density at radius 2 is 1.85 bits per heavy atom. The number of aromatic amines is 1. The van der Waals surface area contributed by atoms with Crippen LogP contribution in [0.3, 0.4) is 0 Å². The molecule has 1 N–H and O–H groups in total. The molecule has 0 fully saturated rings. The lowest BCUT2D eigenvalue weighted by Gasteiger charge is -2.02. The van der Waals surface area contributed by atoms with Crippen LogP contribution in [0.15, 0.2) is 56.6 Å². The van der Waals surface area contributed by atoms with Crippen LogP contribution in [0.5, 0.6) is 0 Å². The van der Waals surface area contributed by atoms with E-state index in [4.69, 9.17) is 4.42 Å². The predicted molar refractivity (Wildman–Crippen MR) is 75.9 cm³/mol. The third-order valence-electron chi connectivity index (χ3n) is 3.30. The van der Waals surface area contributed by atoms with Gasteiger partial charge in [0.25, 0.3) is 5.56 Å². The fourth-order valence-corrected chi connectivity index (χ4v) is 2.33. The maximum absolute atomic E-state index is 12.4. The first-order valence-corrected chi connectivity index (χ1v) is 6.08.